The van der Waals surface area contributed by atoms with Gasteiger partial charge in [0, 0.05) is 31.3 Å². The van der Waals surface area contributed by atoms with E-state index in [4.69, 9.17) is 26.2 Å². The Balaban J connectivity index is 1.86. The number of halogens is 1. The van der Waals surface area contributed by atoms with Crippen molar-refractivity contribution in [1.82, 2.24) is 4.90 Å². The minimum absolute atomic E-state index is 0.0109. The Labute approximate surface area is 151 Å². The molecule has 1 atom stereocenters. The second-order valence-electron chi connectivity index (χ2n) is 6.55. The summed E-state index contributed by atoms with van der Waals surface area (Å²) < 4.78 is 11.0. The number of morpholine rings is 1. The van der Waals surface area contributed by atoms with E-state index in [1.54, 1.807) is 11.0 Å². The molecule has 2 aliphatic rings. The number of nitrogens with zero attached hydrogens (tertiary/aromatic N) is 1. The molecule has 7 heteroatoms. The third kappa shape index (κ3) is 3.97. The van der Waals surface area contributed by atoms with E-state index in [0.29, 0.717) is 50.8 Å². The first-order valence-electron chi connectivity index (χ1n) is 8.48. The number of carbonyl (C=O) groups is 2. The molecule has 1 amide bonds. The van der Waals surface area contributed by atoms with Gasteiger partial charge < -0.3 is 19.5 Å². The fourth-order valence-electron chi connectivity index (χ4n) is 3.66. The molecule has 2 aliphatic heterocycles. The summed E-state index contributed by atoms with van der Waals surface area (Å²) in [7, 11) is 0. The largest absolute Gasteiger partial charge is 0.481 e. The van der Waals surface area contributed by atoms with Gasteiger partial charge in [-0.2, -0.15) is 0 Å². The Kier molecular flexibility index (Phi) is 5.61. The van der Waals surface area contributed by atoms with Crippen LogP contribution in [0, 0.1) is 0 Å². The van der Waals surface area contributed by atoms with E-state index in [1.807, 2.05) is 18.2 Å². The summed E-state index contributed by atoms with van der Waals surface area (Å²) in [5.74, 6) is -0.910. The average molecular weight is 368 g/mol. The number of carboxylic acid groups (broad SMARTS) is 1. The summed E-state index contributed by atoms with van der Waals surface area (Å²) in [5.41, 5.74) is 0.225. The second kappa shape index (κ2) is 7.72. The Morgan fingerprint density at radius 1 is 1.28 bits per heavy atom. The molecular weight excluding hydrogens is 346 g/mol. The molecule has 1 aromatic carbocycles. The van der Waals surface area contributed by atoms with Crippen molar-refractivity contribution < 1.29 is 24.2 Å². The minimum Gasteiger partial charge on any atom is -0.481 e. The van der Waals surface area contributed by atoms with Crippen molar-refractivity contribution >= 4 is 23.5 Å². The van der Waals surface area contributed by atoms with Crippen LogP contribution in [0.2, 0.25) is 5.02 Å². The van der Waals surface area contributed by atoms with Crippen molar-refractivity contribution in [2.75, 3.05) is 32.9 Å². The van der Waals surface area contributed by atoms with Crippen molar-refractivity contribution in [1.29, 1.82) is 0 Å². The van der Waals surface area contributed by atoms with Crippen molar-refractivity contribution in [3.63, 3.8) is 0 Å². The fraction of sp³-hybridized carbons (Fsp3) is 0.556. The summed E-state index contributed by atoms with van der Waals surface area (Å²) in [5, 5.41) is 9.58. The summed E-state index contributed by atoms with van der Waals surface area (Å²) >= 11 is 6.16. The summed E-state index contributed by atoms with van der Waals surface area (Å²) in [6.45, 7) is 2.15. The molecular formula is C18H22ClNO5. The zero-order chi connectivity index (χ0) is 17.9. The lowest BCUT2D eigenvalue weighted by molar-refractivity contribution is -0.153. The number of ether oxygens (including phenoxy) is 2. The Morgan fingerprint density at radius 2 is 2.04 bits per heavy atom. The van der Waals surface area contributed by atoms with Crippen LogP contribution in [-0.4, -0.2) is 60.9 Å². The van der Waals surface area contributed by atoms with Crippen LogP contribution >= 0.6 is 11.6 Å². The molecule has 3 rings (SSSR count). The van der Waals surface area contributed by atoms with Gasteiger partial charge >= 0.3 is 5.97 Å². The van der Waals surface area contributed by atoms with Crippen molar-refractivity contribution in [2.24, 2.45) is 0 Å². The number of carbonyl (C=O) groups excluding carboxylic acids is 1. The first kappa shape index (κ1) is 18.2. The minimum atomic E-state index is -0.921. The van der Waals surface area contributed by atoms with Gasteiger partial charge in [-0.05, 0) is 30.5 Å². The highest BCUT2D eigenvalue weighted by Gasteiger charge is 2.45. The van der Waals surface area contributed by atoms with Gasteiger partial charge in [-0.15, -0.1) is 0 Å². The van der Waals surface area contributed by atoms with Crippen molar-refractivity contribution in [3.05, 3.63) is 34.9 Å². The van der Waals surface area contributed by atoms with E-state index >= 15 is 0 Å². The number of aliphatic carboxylic acids is 1. The molecule has 6 nitrogen and oxygen atoms in total. The maximum atomic E-state index is 13.4. The standard InChI is InChI=1S/C18H22ClNO5/c19-14-3-1-2-13(10-14)18(4-7-24-8-5-18)17(23)20-6-9-25-15(12-20)11-16(21)22/h1-3,10,15H,4-9,11-12H2,(H,21,22)/t15-/m1/s1. The van der Waals surface area contributed by atoms with Gasteiger partial charge in [-0.1, -0.05) is 23.7 Å². The first-order valence-corrected chi connectivity index (χ1v) is 8.86. The molecule has 0 unspecified atom stereocenters. The molecule has 1 aromatic rings. The van der Waals surface area contributed by atoms with E-state index in [-0.39, 0.29) is 12.3 Å². The topological polar surface area (TPSA) is 76.1 Å². The van der Waals surface area contributed by atoms with Crippen LogP contribution in [0.1, 0.15) is 24.8 Å². The predicted molar refractivity (Wildman–Crippen MR) is 91.8 cm³/mol. The van der Waals surface area contributed by atoms with Gasteiger partial charge in [0.25, 0.3) is 0 Å². The molecule has 2 saturated heterocycles. The Morgan fingerprint density at radius 3 is 2.72 bits per heavy atom. The van der Waals surface area contributed by atoms with Gasteiger partial charge in [0.2, 0.25) is 5.91 Å². The molecule has 2 heterocycles. The predicted octanol–water partition coefficient (Wildman–Crippen LogP) is 2.09. The highest BCUT2D eigenvalue weighted by Crippen LogP contribution is 2.38. The first-order chi connectivity index (χ1) is 12.0. The summed E-state index contributed by atoms with van der Waals surface area (Å²) in [6, 6.07) is 7.43. The van der Waals surface area contributed by atoms with E-state index in [9.17, 15) is 9.59 Å². The summed E-state index contributed by atoms with van der Waals surface area (Å²) in [6.07, 6.45) is 0.614. The van der Waals surface area contributed by atoms with Gasteiger partial charge in [0.05, 0.1) is 24.5 Å². The van der Waals surface area contributed by atoms with Crippen LogP contribution in [0.3, 0.4) is 0 Å². The lowest BCUT2D eigenvalue weighted by atomic mass is 9.73. The van der Waals surface area contributed by atoms with Crippen LogP contribution in [-0.2, 0) is 24.5 Å². The van der Waals surface area contributed by atoms with Gasteiger partial charge in [0.15, 0.2) is 0 Å². The summed E-state index contributed by atoms with van der Waals surface area (Å²) in [4.78, 5) is 26.1. The fourth-order valence-corrected chi connectivity index (χ4v) is 3.85. The number of hydrogen-bond acceptors (Lipinski definition) is 4. The maximum Gasteiger partial charge on any atom is 0.306 e. The second-order valence-corrected chi connectivity index (χ2v) is 6.98. The number of hydrogen-bond donors (Lipinski definition) is 1. The van der Waals surface area contributed by atoms with Crippen LogP contribution in [0.5, 0.6) is 0 Å². The Hall–Kier alpha value is -1.63. The zero-order valence-corrected chi connectivity index (χ0v) is 14.7. The van der Waals surface area contributed by atoms with Crippen molar-refractivity contribution in [3.8, 4) is 0 Å². The third-order valence-corrected chi connectivity index (χ3v) is 5.20. The SMILES string of the molecule is O=C(O)C[C@@H]1CN(C(=O)C2(c3cccc(Cl)c3)CCOCC2)CCO1. The smallest absolute Gasteiger partial charge is 0.306 e. The van der Waals surface area contributed by atoms with Crippen LogP contribution in [0.15, 0.2) is 24.3 Å². The molecule has 0 spiro atoms. The zero-order valence-electron chi connectivity index (χ0n) is 13.9. The quantitative estimate of drug-likeness (QED) is 0.881. The molecule has 136 valence electrons. The highest BCUT2D eigenvalue weighted by atomic mass is 35.5. The van der Waals surface area contributed by atoms with Crippen LogP contribution in [0.4, 0.5) is 0 Å². The Bertz CT molecular complexity index is 644. The van der Waals surface area contributed by atoms with Crippen LogP contribution < -0.4 is 0 Å². The molecule has 0 aliphatic carbocycles. The third-order valence-electron chi connectivity index (χ3n) is 4.96. The molecule has 0 bridgehead atoms. The lowest BCUT2D eigenvalue weighted by Gasteiger charge is -2.42. The maximum absolute atomic E-state index is 13.4. The lowest BCUT2D eigenvalue weighted by Crippen LogP contribution is -2.55. The van der Waals surface area contributed by atoms with Gasteiger partial charge in [0.1, 0.15) is 0 Å². The molecule has 1 N–H and O–H groups in total. The van der Waals surface area contributed by atoms with E-state index in [2.05, 4.69) is 0 Å². The number of benzene rings is 1. The van der Waals surface area contributed by atoms with E-state index in [1.165, 1.54) is 0 Å². The molecule has 2 fully saturated rings. The molecule has 25 heavy (non-hydrogen) atoms. The van der Waals surface area contributed by atoms with Crippen LogP contribution in [0.25, 0.3) is 0 Å². The van der Waals surface area contributed by atoms with Gasteiger partial charge in [-0.25, -0.2) is 0 Å². The normalized spacial score (nSPS) is 23.2. The highest BCUT2D eigenvalue weighted by molar-refractivity contribution is 6.30. The monoisotopic (exact) mass is 367 g/mol. The van der Waals surface area contributed by atoms with Crippen molar-refractivity contribution in [2.45, 2.75) is 30.8 Å². The number of rotatable bonds is 4. The molecule has 0 saturated carbocycles. The number of amides is 1. The van der Waals surface area contributed by atoms with E-state index in [0.717, 1.165) is 5.56 Å². The molecule has 0 aromatic heterocycles. The van der Waals surface area contributed by atoms with E-state index < -0.39 is 17.5 Å². The molecule has 0 radical (unpaired) electrons. The average Bonchev–Trinajstić information content (AvgIpc) is 2.61. The number of carboxylic acids is 1. The van der Waals surface area contributed by atoms with Gasteiger partial charge in [-0.3, -0.25) is 9.59 Å².